The van der Waals surface area contributed by atoms with E-state index < -0.39 is 5.54 Å². The van der Waals surface area contributed by atoms with Gasteiger partial charge < -0.3 is 10.4 Å². The van der Waals surface area contributed by atoms with Gasteiger partial charge in [0.2, 0.25) is 5.91 Å². The lowest BCUT2D eigenvalue weighted by atomic mass is 9.81. The zero-order valence-electron chi connectivity index (χ0n) is 14.1. The molecule has 0 radical (unpaired) electrons. The zero-order valence-corrected chi connectivity index (χ0v) is 14.9. The maximum atomic E-state index is 12.3. The van der Waals surface area contributed by atoms with Crippen LogP contribution in [0.2, 0.25) is 5.02 Å². The maximum absolute atomic E-state index is 12.3. The molecule has 1 aliphatic heterocycles. The molecule has 0 saturated carbocycles. The third-order valence-corrected chi connectivity index (χ3v) is 5.04. The molecule has 1 saturated heterocycles. The number of halogens is 1. The van der Waals surface area contributed by atoms with E-state index in [0.29, 0.717) is 17.0 Å². The summed E-state index contributed by atoms with van der Waals surface area (Å²) in [6.45, 7) is 1.99. The molecule has 3 N–H and O–H groups in total. The predicted molar refractivity (Wildman–Crippen MR) is 98.8 cm³/mol. The number of carbonyl (C=O) groups excluding carboxylic acids is 1. The summed E-state index contributed by atoms with van der Waals surface area (Å²) < 4.78 is 0. The van der Waals surface area contributed by atoms with E-state index in [1.54, 1.807) is 25.2 Å². The SMILES string of the molecule is CC[C@@]1(c2cccc(-c3cc(Cl)ccc3O)c2)CC(=O)N(C)C(=N)N1. The van der Waals surface area contributed by atoms with Crippen molar-refractivity contribution in [3.63, 3.8) is 0 Å². The molecule has 25 heavy (non-hydrogen) atoms. The van der Waals surface area contributed by atoms with Crippen molar-refractivity contribution in [1.82, 2.24) is 10.2 Å². The number of amides is 1. The Hall–Kier alpha value is -2.53. The number of benzene rings is 2. The van der Waals surface area contributed by atoms with Crippen LogP contribution >= 0.6 is 11.6 Å². The van der Waals surface area contributed by atoms with Crippen molar-refractivity contribution in [2.75, 3.05) is 7.05 Å². The number of carbonyl (C=O) groups is 1. The summed E-state index contributed by atoms with van der Waals surface area (Å²) in [4.78, 5) is 13.6. The quantitative estimate of drug-likeness (QED) is 0.783. The molecule has 5 nitrogen and oxygen atoms in total. The van der Waals surface area contributed by atoms with Crippen LogP contribution in [0, 0.1) is 5.41 Å². The number of nitrogens with zero attached hydrogens (tertiary/aromatic N) is 1. The van der Waals surface area contributed by atoms with Gasteiger partial charge in [0.15, 0.2) is 5.96 Å². The van der Waals surface area contributed by atoms with Crippen molar-refractivity contribution in [3.8, 4) is 16.9 Å². The Morgan fingerprint density at radius 1 is 1.32 bits per heavy atom. The van der Waals surface area contributed by atoms with E-state index in [0.717, 1.165) is 11.1 Å². The summed E-state index contributed by atoms with van der Waals surface area (Å²) in [6, 6.07) is 12.6. The van der Waals surface area contributed by atoms with Gasteiger partial charge >= 0.3 is 0 Å². The highest BCUT2D eigenvalue weighted by atomic mass is 35.5. The molecule has 1 aliphatic rings. The van der Waals surface area contributed by atoms with Crippen molar-refractivity contribution < 1.29 is 9.90 Å². The van der Waals surface area contributed by atoms with Crippen molar-refractivity contribution in [3.05, 3.63) is 53.1 Å². The lowest BCUT2D eigenvalue weighted by Gasteiger charge is -2.41. The average Bonchev–Trinajstić information content (AvgIpc) is 2.61. The smallest absolute Gasteiger partial charge is 0.231 e. The van der Waals surface area contributed by atoms with Crippen LogP contribution in [-0.2, 0) is 10.3 Å². The van der Waals surface area contributed by atoms with Gasteiger partial charge in [-0.2, -0.15) is 0 Å². The van der Waals surface area contributed by atoms with Gasteiger partial charge in [-0.3, -0.25) is 15.1 Å². The van der Waals surface area contributed by atoms with Gasteiger partial charge in [-0.25, -0.2) is 0 Å². The Labute approximate surface area is 151 Å². The first-order chi connectivity index (χ1) is 11.9. The third kappa shape index (κ3) is 3.07. The van der Waals surface area contributed by atoms with Gasteiger partial charge in [-0.1, -0.05) is 36.7 Å². The highest BCUT2D eigenvalue weighted by Gasteiger charge is 2.40. The molecule has 0 bridgehead atoms. The van der Waals surface area contributed by atoms with Crippen LogP contribution in [-0.4, -0.2) is 28.9 Å². The minimum absolute atomic E-state index is 0.0918. The fraction of sp³-hybridized carbons (Fsp3) is 0.263. The van der Waals surface area contributed by atoms with E-state index in [9.17, 15) is 9.90 Å². The van der Waals surface area contributed by atoms with Crippen LogP contribution < -0.4 is 5.32 Å². The number of phenolic OH excluding ortho intramolecular Hbond substituents is 1. The number of hydrogen-bond acceptors (Lipinski definition) is 3. The number of hydrogen-bond donors (Lipinski definition) is 3. The second-order valence-corrected chi connectivity index (χ2v) is 6.72. The molecular formula is C19H20ClN3O2. The van der Waals surface area contributed by atoms with Gasteiger partial charge in [0, 0.05) is 17.6 Å². The molecule has 6 heteroatoms. The number of phenols is 1. The Kier molecular flexibility index (Phi) is 4.43. The van der Waals surface area contributed by atoms with Gasteiger partial charge in [-0.05, 0) is 41.8 Å². The van der Waals surface area contributed by atoms with Crippen LogP contribution in [0.25, 0.3) is 11.1 Å². The Morgan fingerprint density at radius 2 is 2.08 bits per heavy atom. The number of nitrogens with one attached hydrogen (secondary N) is 2. The summed E-state index contributed by atoms with van der Waals surface area (Å²) in [5, 5.41) is 21.9. The summed E-state index contributed by atoms with van der Waals surface area (Å²) >= 11 is 6.06. The highest BCUT2D eigenvalue weighted by molar-refractivity contribution is 6.31. The van der Waals surface area contributed by atoms with Gasteiger partial charge in [0.1, 0.15) is 5.75 Å². The Bertz CT molecular complexity index is 832. The molecule has 1 atom stereocenters. The molecule has 0 aliphatic carbocycles. The first kappa shape index (κ1) is 17.3. The monoisotopic (exact) mass is 357 g/mol. The van der Waals surface area contributed by atoms with Gasteiger partial charge in [0.25, 0.3) is 0 Å². The minimum Gasteiger partial charge on any atom is -0.507 e. The van der Waals surface area contributed by atoms with E-state index in [1.165, 1.54) is 4.90 Å². The van der Waals surface area contributed by atoms with Gasteiger partial charge in [-0.15, -0.1) is 0 Å². The standard InChI is InChI=1S/C19H20ClN3O2/c1-3-19(11-17(25)23(2)18(21)22-19)13-6-4-5-12(9-13)15-10-14(20)7-8-16(15)24/h4-10,24H,3,11H2,1-2H3,(H2,21,22)/t19-/m0/s1. The molecule has 2 aromatic carbocycles. The molecule has 1 fully saturated rings. The molecule has 130 valence electrons. The third-order valence-electron chi connectivity index (χ3n) is 4.81. The predicted octanol–water partition coefficient (Wildman–Crippen LogP) is 3.70. The van der Waals surface area contributed by atoms with Crippen LogP contribution in [0.5, 0.6) is 5.75 Å². The molecule has 0 aromatic heterocycles. The Morgan fingerprint density at radius 3 is 2.76 bits per heavy atom. The van der Waals surface area contributed by atoms with Crippen molar-refractivity contribution >= 4 is 23.5 Å². The molecular weight excluding hydrogens is 338 g/mol. The fourth-order valence-electron chi connectivity index (χ4n) is 3.17. The van der Waals surface area contributed by atoms with E-state index >= 15 is 0 Å². The lowest BCUT2D eigenvalue weighted by molar-refractivity contribution is -0.129. The summed E-state index contributed by atoms with van der Waals surface area (Å²) in [5.74, 6) is 0.142. The van der Waals surface area contributed by atoms with Crippen LogP contribution in [0.4, 0.5) is 0 Å². The first-order valence-corrected chi connectivity index (χ1v) is 8.47. The molecule has 0 unspecified atom stereocenters. The largest absolute Gasteiger partial charge is 0.507 e. The number of aromatic hydroxyl groups is 1. The lowest BCUT2D eigenvalue weighted by Crippen LogP contribution is -2.59. The Balaban J connectivity index is 2.07. The first-order valence-electron chi connectivity index (χ1n) is 8.09. The minimum atomic E-state index is -0.634. The maximum Gasteiger partial charge on any atom is 0.231 e. The second kappa shape index (κ2) is 6.41. The molecule has 0 spiro atoms. The summed E-state index contributed by atoms with van der Waals surface area (Å²) in [6.07, 6.45) is 0.924. The highest BCUT2D eigenvalue weighted by Crippen LogP contribution is 2.37. The van der Waals surface area contributed by atoms with Crippen molar-refractivity contribution in [2.45, 2.75) is 25.3 Å². The summed E-state index contributed by atoms with van der Waals surface area (Å²) in [5.41, 5.74) is 1.71. The van der Waals surface area contributed by atoms with E-state index in [1.807, 2.05) is 31.2 Å². The van der Waals surface area contributed by atoms with E-state index in [4.69, 9.17) is 17.0 Å². The van der Waals surface area contributed by atoms with Crippen LogP contribution in [0.1, 0.15) is 25.3 Å². The van der Waals surface area contributed by atoms with Crippen molar-refractivity contribution in [2.24, 2.45) is 0 Å². The number of guanidine groups is 1. The molecule has 2 aromatic rings. The van der Waals surface area contributed by atoms with Crippen LogP contribution in [0.3, 0.4) is 0 Å². The fourth-order valence-corrected chi connectivity index (χ4v) is 3.34. The van der Waals surface area contributed by atoms with E-state index in [-0.39, 0.29) is 24.0 Å². The topological polar surface area (TPSA) is 76.4 Å². The number of rotatable bonds is 3. The molecule has 3 rings (SSSR count). The normalized spacial score (nSPS) is 20.5. The van der Waals surface area contributed by atoms with Crippen LogP contribution in [0.15, 0.2) is 42.5 Å². The average molecular weight is 358 g/mol. The second-order valence-electron chi connectivity index (χ2n) is 6.28. The van der Waals surface area contributed by atoms with Gasteiger partial charge in [0.05, 0.1) is 12.0 Å². The molecule has 1 heterocycles. The summed E-state index contributed by atoms with van der Waals surface area (Å²) in [7, 11) is 1.59. The molecule has 1 amide bonds. The van der Waals surface area contributed by atoms with Crippen molar-refractivity contribution in [1.29, 1.82) is 5.41 Å². The zero-order chi connectivity index (χ0) is 18.2. The van der Waals surface area contributed by atoms with E-state index in [2.05, 4.69) is 5.32 Å².